The molecule has 5 nitrogen and oxygen atoms in total. The van der Waals surface area contributed by atoms with Crippen molar-refractivity contribution in [1.82, 2.24) is 5.32 Å². The first-order chi connectivity index (χ1) is 10.9. The largest absolute Gasteiger partial charge is 0.379 e. The first-order valence-electron chi connectivity index (χ1n) is 8.92. The fraction of sp³-hybridized carbons (Fsp3) is 0.889. The maximum absolute atomic E-state index is 12.0. The molecule has 0 bridgehead atoms. The molecular formula is C18H33NO4. The lowest BCUT2D eigenvalue weighted by molar-refractivity contribution is -0.127. The number of Topliss-reactive ketones (excluding diaryl/α,β-unsaturated/α-hetero) is 1. The van der Waals surface area contributed by atoms with Crippen molar-refractivity contribution in [3.63, 3.8) is 0 Å². The molecule has 1 fully saturated rings. The van der Waals surface area contributed by atoms with Crippen molar-refractivity contribution in [3.05, 3.63) is 0 Å². The van der Waals surface area contributed by atoms with E-state index in [1.54, 1.807) is 0 Å². The number of hydrogen-bond acceptors (Lipinski definition) is 4. The Hall–Kier alpha value is -0.940. The monoisotopic (exact) mass is 327 g/mol. The molecule has 1 aliphatic carbocycles. The molecule has 0 atom stereocenters. The van der Waals surface area contributed by atoms with Crippen LogP contribution in [0.25, 0.3) is 0 Å². The van der Waals surface area contributed by atoms with Gasteiger partial charge in [0.15, 0.2) is 0 Å². The molecule has 0 spiro atoms. The van der Waals surface area contributed by atoms with E-state index in [4.69, 9.17) is 9.47 Å². The second kappa shape index (κ2) is 10.8. The molecule has 1 saturated carbocycles. The predicted octanol–water partition coefficient (Wildman–Crippen LogP) is 2.72. The van der Waals surface area contributed by atoms with Gasteiger partial charge in [-0.2, -0.15) is 0 Å². The number of carbonyl (C=O) groups excluding carboxylic acids is 2. The standard InChI is InChI=1S/C18H33NO4/c1-13(2)18(21)15-5-7-16(8-6-15)19-17(20)9-10-22-11-12-23-14(3)4/h13-16H,5-12H2,1-4H3,(H,19,20). The van der Waals surface area contributed by atoms with E-state index >= 15 is 0 Å². The van der Waals surface area contributed by atoms with Crippen LogP contribution in [0.3, 0.4) is 0 Å². The fourth-order valence-corrected chi connectivity index (χ4v) is 2.90. The number of amides is 1. The van der Waals surface area contributed by atoms with Crippen LogP contribution in [0.2, 0.25) is 0 Å². The minimum absolute atomic E-state index is 0.0356. The van der Waals surface area contributed by atoms with Gasteiger partial charge in [-0.1, -0.05) is 13.8 Å². The van der Waals surface area contributed by atoms with Crippen molar-refractivity contribution < 1.29 is 19.1 Å². The van der Waals surface area contributed by atoms with Crippen LogP contribution in [-0.2, 0) is 19.1 Å². The molecule has 0 saturated heterocycles. The van der Waals surface area contributed by atoms with E-state index in [0.29, 0.717) is 32.0 Å². The maximum atomic E-state index is 12.0. The van der Waals surface area contributed by atoms with Gasteiger partial charge in [-0.05, 0) is 39.5 Å². The average molecular weight is 327 g/mol. The Labute approximate surface area is 140 Å². The highest BCUT2D eigenvalue weighted by Crippen LogP contribution is 2.27. The third-order valence-electron chi connectivity index (χ3n) is 4.22. The number of rotatable bonds is 10. The lowest BCUT2D eigenvalue weighted by atomic mass is 9.80. The lowest BCUT2D eigenvalue weighted by Gasteiger charge is -2.29. The lowest BCUT2D eigenvalue weighted by Crippen LogP contribution is -2.39. The van der Waals surface area contributed by atoms with Crippen LogP contribution < -0.4 is 5.32 Å². The van der Waals surface area contributed by atoms with Crippen molar-refractivity contribution >= 4 is 11.7 Å². The van der Waals surface area contributed by atoms with Crippen LogP contribution >= 0.6 is 0 Å². The predicted molar refractivity (Wildman–Crippen MR) is 90.3 cm³/mol. The van der Waals surface area contributed by atoms with E-state index in [-0.39, 0.29) is 29.9 Å². The second-order valence-electron chi connectivity index (χ2n) is 6.96. The van der Waals surface area contributed by atoms with Gasteiger partial charge in [-0.15, -0.1) is 0 Å². The van der Waals surface area contributed by atoms with Crippen LogP contribution in [-0.4, -0.2) is 43.7 Å². The highest BCUT2D eigenvalue weighted by Gasteiger charge is 2.27. The molecule has 0 aromatic rings. The average Bonchev–Trinajstić information content (AvgIpc) is 2.50. The Morgan fingerprint density at radius 2 is 1.65 bits per heavy atom. The molecule has 23 heavy (non-hydrogen) atoms. The van der Waals surface area contributed by atoms with Crippen LogP contribution in [0.1, 0.15) is 59.8 Å². The molecular weight excluding hydrogens is 294 g/mol. The minimum Gasteiger partial charge on any atom is -0.379 e. The first-order valence-corrected chi connectivity index (χ1v) is 8.92. The molecule has 134 valence electrons. The van der Waals surface area contributed by atoms with E-state index in [1.807, 2.05) is 27.7 Å². The normalized spacial score (nSPS) is 21.7. The molecule has 0 aliphatic heterocycles. The first kappa shape index (κ1) is 20.1. The van der Waals surface area contributed by atoms with Crippen LogP contribution in [0.4, 0.5) is 0 Å². The highest BCUT2D eigenvalue weighted by molar-refractivity contribution is 5.83. The summed E-state index contributed by atoms with van der Waals surface area (Å²) in [6.45, 7) is 9.40. The number of hydrogen-bond donors (Lipinski definition) is 1. The molecule has 1 aliphatic rings. The number of ketones is 1. The summed E-state index contributed by atoms with van der Waals surface area (Å²) < 4.78 is 10.8. The Morgan fingerprint density at radius 1 is 1.00 bits per heavy atom. The van der Waals surface area contributed by atoms with Gasteiger partial charge in [-0.25, -0.2) is 0 Å². The smallest absolute Gasteiger partial charge is 0.222 e. The molecule has 0 unspecified atom stereocenters. The van der Waals surface area contributed by atoms with Gasteiger partial charge in [0.05, 0.1) is 25.9 Å². The molecule has 1 rings (SSSR count). The van der Waals surface area contributed by atoms with Gasteiger partial charge in [-0.3, -0.25) is 9.59 Å². The summed E-state index contributed by atoms with van der Waals surface area (Å²) in [6.07, 6.45) is 4.18. The topological polar surface area (TPSA) is 64.6 Å². The Kier molecular flexibility index (Phi) is 9.41. The third-order valence-corrected chi connectivity index (χ3v) is 4.22. The Bertz CT molecular complexity index is 360. The maximum Gasteiger partial charge on any atom is 0.222 e. The molecule has 0 aromatic carbocycles. The van der Waals surface area contributed by atoms with E-state index in [2.05, 4.69) is 5.32 Å². The van der Waals surface area contributed by atoms with Crippen molar-refractivity contribution in [2.75, 3.05) is 19.8 Å². The molecule has 0 aromatic heterocycles. The van der Waals surface area contributed by atoms with Gasteiger partial charge < -0.3 is 14.8 Å². The fourth-order valence-electron chi connectivity index (χ4n) is 2.90. The second-order valence-corrected chi connectivity index (χ2v) is 6.96. The van der Waals surface area contributed by atoms with Gasteiger partial charge >= 0.3 is 0 Å². The summed E-state index contributed by atoms with van der Waals surface area (Å²) in [4.78, 5) is 23.9. The zero-order valence-corrected chi connectivity index (χ0v) is 15.1. The van der Waals surface area contributed by atoms with Crippen LogP contribution in [0.5, 0.6) is 0 Å². The van der Waals surface area contributed by atoms with Crippen molar-refractivity contribution in [3.8, 4) is 0 Å². The Balaban J connectivity index is 2.09. The summed E-state index contributed by atoms with van der Waals surface area (Å²) in [6, 6.07) is 0.211. The van der Waals surface area contributed by atoms with Gasteiger partial charge in [0.1, 0.15) is 5.78 Å². The number of nitrogens with one attached hydrogen (secondary N) is 1. The van der Waals surface area contributed by atoms with Gasteiger partial charge in [0.2, 0.25) is 5.91 Å². The van der Waals surface area contributed by atoms with E-state index < -0.39 is 0 Å². The number of carbonyl (C=O) groups is 2. The van der Waals surface area contributed by atoms with Crippen molar-refractivity contribution in [2.24, 2.45) is 11.8 Å². The third kappa shape index (κ3) is 8.47. The molecule has 5 heteroatoms. The van der Waals surface area contributed by atoms with Crippen molar-refractivity contribution in [2.45, 2.75) is 71.9 Å². The summed E-state index contributed by atoms with van der Waals surface area (Å²) in [5, 5.41) is 3.06. The SMILES string of the molecule is CC(C)OCCOCCC(=O)NC1CCC(C(=O)C(C)C)CC1. The molecule has 0 heterocycles. The molecule has 1 N–H and O–H groups in total. The van der Waals surface area contributed by atoms with E-state index in [9.17, 15) is 9.59 Å². The molecule has 0 radical (unpaired) electrons. The van der Waals surface area contributed by atoms with Crippen LogP contribution in [0, 0.1) is 11.8 Å². The van der Waals surface area contributed by atoms with Gasteiger partial charge in [0, 0.05) is 24.3 Å². The van der Waals surface area contributed by atoms with Crippen molar-refractivity contribution in [1.29, 1.82) is 0 Å². The molecule has 1 amide bonds. The quantitative estimate of drug-likeness (QED) is 0.627. The summed E-state index contributed by atoms with van der Waals surface area (Å²) in [5.41, 5.74) is 0. The summed E-state index contributed by atoms with van der Waals surface area (Å²) in [7, 11) is 0. The highest BCUT2D eigenvalue weighted by atomic mass is 16.5. The summed E-state index contributed by atoms with van der Waals surface area (Å²) in [5.74, 6) is 0.704. The minimum atomic E-state index is 0.0356. The number of ether oxygens (including phenoxy) is 2. The Morgan fingerprint density at radius 3 is 2.22 bits per heavy atom. The zero-order chi connectivity index (χ0) is 17.2. The van der Waals surface area contributed by atoms with E-state index in [0.717, 1.165) is 25.7 Å². The van der Waals surface area contributed by atoms with E-state index in [1.165, 1.54) is 0 Å². The van der Waals surface area contributed by atoms with Crippen LogP contribution in [0.15, 0.2) is 0 Å². The van der Waals surface area contributed by atoms with Gasteiger partial charge in [0.25, 0.3) is 0 Å². The zero-order valence-electron chi connectivity index (χ0n) is 15.1. The summed E-state index contributed by atoms with van der Waals surface area (Å²) >= 11 is 0.